The Kier molecular flexibility index (Phi) is 5.77. The molecular weight excluding hydrogens is 278 g/mol. The summed E-state index contributed by atoms with van der Waals surface area (Å²) in [5.74, 6) is 7.00. The lowest BCUT2D eigenvalue weighted by Gasteiger charge is -2.08. The summed E-state index contributed by atoms with van der Waals surface area (Å²) >= 11 is 3.41. The zero-order valence-electron chi connectivity index (χ0n) is 10.6. The van der Waals surface area contributed by atoms with E-state index in [9.17, 15) is 4.79 Å². The van der Waals surface area contributed by atoms with Crippen LogP contribution in [0.5, 0.6) is 0 Å². The van der Waals surface area contributed by atoms with Gasteiger partial charge in [0.1, 0.15) is 0 Å². The van der Waals surface area contributed by atoms with Crippen LogP contribution in [-0.4, -0.2) is 35.2 Å². The molecule has 3 nitrogen and oxygen atoms in total. The maximum Gasteiger partial charge on any atom is 0.252 e. The second-order valence-electron chi connectivity index (χ2n) is 4.32. The topological polar surface area (TPSA) is 49.3 Å². The van der Waals surface area contributed by atoms with Crippen molar-refractivity contribution in [2.24, 2.45) is 0 Å². The summed E-state index contributed by atoms with van der Waals surface area (Å²) in [5, 5.41) is 14.0. The number of amides is 1. The van der Waals surface area contributed by atoms with Gasteiger partial charge in [-0.25, -0.2) is 0 Å². The van der Waals surface area contributed by atoms with Gasteiger partial charge < -0.3 is 10.4 Å². The van der Waals surface area contributed by atoms with Crippen molar-refractivity contribution in [2.75, 3.05) is 18.9 Å². The highest BCUT2D eigenvalue weighted by molar-refractivity contribution is 8.00. The molecule has 1 aromatic rings. The van der Waals surface area contributed by atoms with E-state index in [2.05, 4.69) is 17.2 Å². The Morgan fingerprint density at radius 3 is 3.21 bits per heavy atom. The molecule has 1 aliphatic heterocycles. The fourth-order valence-electron chi connectivity index (χ4n) is 1.84. The van der Waals surface area contributed by atoms with Crippen molar-refractivity contribution in [2.45, 2.75) is 24.5 Å². The number of nitrogens with one attached hydrogen (secondary N) is 1. The SMILES string of the molecule is O=C(NCC1CCCS1)c1csc(C#CCCO)c1. The van der Waals surface area contributed by atoms with Crippen LogP contribution in [0.4, 0.5) is 0 Å². The first kappa shape index (κ1) is 14.4. The lowest BCUT2D eigenvalue weighted by molar-refractivity contribution is 0.0954. The monoisotopic (exact) mass is 295 g/mol. The normalized spacial score (nSPS) is 17.8. The molecule has 0 aliphatic carbocycles. The van der Waals surface area contributed by atoms with E-state index < -0.39 is 0 Å². The number of carbonyl (C=O) groups excluding carboxylic acids is 1. The van der Waals surface area contributed by atoms with E-state index in [0.29, 0.717) is 17.2 Å². The maximum atomic E-state index is 11.9. The molecule has 1 unspecified atom stereocenters. The summed E-state index contributed by atoms with van der Waals surface area (Å²) in [7, 11) is 0. The van der Waals surface area contributed by atoms with E-state index in [1.807, 2.05) is 23.2 Å². The molecular formula is C14H17NO2S2. The highest BCUT2D eigenvalue weighted by Crippen LogP contribution is 2.25. The average Bonchev–Trinajstić information content (AvgIpc) is 3.07. The Labute approximate surface area is 121 Å². The van der Waals surface area contributed by atoms with Gasteiger partial charge in [0.2, 0.25) is 0 Å². The highest BCUT2D eigenvalue weighted by atomic mass is 32.2. The molecule has 2 rings (SSSR count). The van der Waals surface area contributed by atoms with Gasteiger partial charge in [0.05, 0.1) is 17.0 Å². The van der Waals surface area contributed by atoms with Crippen LogP contribution >= 0.6 is 23.1 Å². The molecule has 0 bridgehead atoms. The van der Waals surface area contributed by atoms with Gasteiger partial charge in [-0.15, -0.1) is 11.3 Å². The molecule has 1 amide bonds. The van der Waals surface area contributed by atoms with Crippen molar-refractivity contribution >= 4 is 29.0 Å². The van der Waals surface area contributed by atoms with Gasteiger partial charge in [-0.1, -0.05) is 11.8 Å². The van der Waals surface area contributed by atoms with Crippen molar-refractivity contribution in [3.8, 4) is 11.8 Å². The molecule has 1 atom stereocenters. The second-order valence-corrected chi connectivity index (χ2v) is 6.64. The standard InChI is InChI=1S/C14H17NO2S2/c16-6-2-1-4-12-8-11(10-19-12)14(17)15-9-13-5-3-7-18-13/h8,10,13,16H,2-3,5-7,9H2,(H,15,17). The van der Waals surface area contributed by atoms with E-state index in [0.717, 1.165) is 11.4 Å². The number of rotatable bonds is 4. The third-order valence-corrected chi connectivity index (χ3v) is 5.07. The predicted octanol–water partition coefficient (Wildman–Crippen LogP) is 2.11. The Balaban J connectivity index is 1.83. The quantitative estimate of drug-likeness (QED) is 0.837. The molecule has 2 heterocycles. The van der Waals surface area contributed by atoms with Crippen LogP contribution in [0.1, 0.15) is 34.5 Å². The third kappa shape index (κ3) is 4.57. The molecule has 0 spiro atoms. The largest absolute Gasteiger partial charge is 0.395 e. The molecule has 1 saturated heterocycles. The van der Waals surface area contributed by atoms with E-state index in [4.69, 9.17) is 5.11 Å². The summed E-state index contributed by atoms with van der Waals surface area (Å²) in [4.78, 5) is 12.8. The molecule has 1 fully saturated rings. The van der Waals surface area contributed by atoms with Gasteiger partial charge in [0.15, 0.2) is 0 Å². The molecule has 1 aliphatic rings. The van der Waals surface area contributed by atoms with Gasteiger partial charge in [0, 0.05) is 23.6 Å². The third-order valence-electron chi connectivity index (χ3n) is 2.82. The number of hydrogen-bond donors (Lipinski definition) is 2. The second kappa shape index (κ2) is 7.59. The van der Waals surface area contributed by atoms with E-state index in [1.54, 1.807) is 0 Å². The number of thioether (sulfide) groups is 1. The summed E-state index contributed by atoms with van der Waals surface area (Å²) in [6, 6.07) is 1.81. The van der Waals surface area contributed by atoms with Crippen LogP contribution < -0.4 is 5.32 Å². The molecule has 102 valence electrons. The van der Waals surface area contributed by atoms with Crippen LogP contribution in [0.3, 0.4) is 0 Å². The Bertz CT molecular complexity index is 481. The van der Waals surface area contributed by atoms with Gasteiger partial charge in [0.25, 0.3) is 5.91 Å². The first-order chi connectivity index (χ1) is 9.29. The Morgan fingerprint density at radius 2 is 2.47 bits per heavy atom. The first-order valence-electron chi connectivity index (χ1n) is 6.37. The molecule has 1 aromatic heterocycles. The lowest BCUT2D eigenvalue weighted by atomic mass is 10.2. The van der Waals surface area contributed by atoms with Crippen molar-refractivity contribution in [1.29, 1.82) is 0 Å². The first-order valence-corrected chi connectivity index (χ1v) is 8.30. The van der Waals surface area contributed by atoms with E-state index >= 15 is 0 Å². The fourth-order valence-corrected chi connectivity index (χ4v) is 3.80. The number of aliphatic hydroxyl groups excluding tert-OH is 1. The predicted molar refractivity (Wildman–Crippen MR) is 80.7 cm³/mol. The number of carbonyl (C=O) groups is 1. The maximum absolute atomic E-state index is 11.9. The van der Waals surface area contributed by atoms with Crippen molar-refractivity contribution in [1.82, 2.24) is 5.32 Å². The molecule has 2 N–H and O–H groups in total. The zero-order chi connectivity index (χ0) is 13.5. The minimum atomic E-state index is -0.0149. The smallest absolute Gasteiger partial charge is 0.252 e. The summed E-state index contributed by atoms with van der Waals surface area (Å²) in [6.45, 7) is 0.829. The molecule has 19 heavy (non-hydrogen) atoms. The molecule has 5 heteroatoms. The van der Waals surface area contributed by atoms with Crippen LogP contribution in [0, 0.1) is 11.8 Å². The molecule has 0 radical (unpaired) electrons. The van der Waals surface area contributed by atoms with Crippen molar-refractivity contribution < 1.29 is 9.90 Å². The average molecular weight is 295 g/mol. The van der Waals surface area contributed by atoms with Crippen LogP contribution in [-0.2, 0) is 0 Å². The van der Waals surface area contributed by atoms with E-state index in [1.165, 1.54) is 29.9 Å². The summed E-state index contributed by atoms with van der Waals surface area (Å²) < 4.78 is 0. The summed E-state index contributed by atoms with van der Waals surface area (Å²) in [5.41, 5.74) is 0.682. The Morgan fingerprint density at radius 1 is 1.58 bits per heavy atom. The Hall–Kier alpha value is -0.960. The van der Waals surface area contributed by atoms with Crippen molar-refractivity contribution in [3.63, 3.8) is 0 Å². The van der Waals surface area contributed by atoms with Gasteiger partial charge in [-0.2, -0.15) is 11.8 Å². The number of hydrogen-bond acceptors (Lipinski definition) is 4. The van der Waals surface area contributed by atoms with Crippen LogP contribution in [0.25, 0.3) is 0 Å². The molecule has 0 aromatic carbocycles. The minimum absolute atomic E-state index is 0.0149. The van der Waals surface area contributed by atoms with Crippen LogP contribution in [0.2, 0.25) is 0 Å². The minimum Gasteiger partial charge on any atom is -0.395 e. The van der Waals surface area contributed by atoms with Gasteiger partial charge >= 0.3 is 0 Å². The van der Waals surface area contributed by atoms with E-state index in [-0.39, 0.29) is 12.5 Å². The van der Waals surface area contributed by atoms with Gasteiger partial charge in [-0.05, 0) is 24.7 Å². The summed E-state index contributed by atoms with van der Waals surface area (Å²) in [6.07, 6.45) is 2.93. The van der Waals surface area contributed by atoms with Gasteiger partial charge in [-0.3, -0.25) is 4.79 Å². The lowest BCUT2D eigenvalue weighted by Crippen LogP contribution is -2.29. The fraction of sp³-hybridized carbons (Fsp3) is 0.500. The number of thiophene rings is 1. The van der Waals surface area contributed by atoms with Crippen LogP contribution in [0.15, 0.2) is 11.4 Å². The number of aliphatic hydroxyl groups is 1. The highest BCUT2D eigenvalue weighted by Gasteiger charge is 2.17. The zero-order valence-corrected chi connectivity index (χ0v) is 12.3. The van der Waals surface area contributed by atoms with Crippen molar-refractivity contribution in [3.05, 3.63) is 21.9 Å². The molecule has 0 saturated carbocycles.